The molecule has 2 heterocycles. The maximum Gasteiger partial charge on any atom is 0.320 e. The van der Waals surface area contributed by atoms with E-state index >= 15 is 0 Å². The Morgan fingerprint density at radius 1 is 1.35 bits per heavy atom. The second-order valence-electron chi connectivity index (χ2n) is 5.51. The van der Waals surface area contributed by atoms with Gasteiger partial charge in [0.15, 0.2) is 0 Å². The Bertz CT molecular complexity index is 450. The molecule has 0 unspecified atom stereocenters. The van der Waals surface area contributed by atoms with Crippen molar-refractivity contribution in [2.75, 3.05) is 18.5 Å². The summed E-state index contributed by atoms with van der Waals surface area (Å²) in [5.74, 6) is 1.08. The van der Waals surface area contributed by atoms with Gasteiger partial charge in [0.2, 0.25) is 0 Å². The molecule has 5 nitrogen and oxygen atoms in total. The Kier molecular flexibility index (Phi) is 4.95. The molecule has 1 aliphatic heterocycles. The number of aromatic nitrogens is 1. The summed E-state index contributed by atoms with van der Waals surface area (Å²) in [5.41, 5.74) is 1.99. The number of anilines is 1. The maximum absolute atomic E-state index is 12.0. The zero-order chi connectivity index (χ0) is 14.5. The van der Waals surface area contributed by atoms with Gasteiger partial charge >= 0.3 is 6.03 Å². The minimum atomic E-state index is -0.193. The van der Waals surface area contributed by atoms with Gasteiger partial charge in [-0.3, -0.25) is 5.32 Å². The average Bonchev–Trinajstić information content (AvgIpc) is 2.38. The van der Waals surface area contributed by atoms with E-state index in [4.69, 9.17) is 4.74 Å². The van der Waals surface area contributed by atoms with Crippen LogP contribution < -0.4 is 10.6 Å². The number of aryl methyl sites for hydroxylation is 2. The van der Waals surface area contributed by atoms with Gasteiger partial charge in [0.25, 0.3) is 0 Å². The van der Waals surface area contributed by atoms with Crippen LogP contribution in [-0.4, -0.2) is 30.3 Å². The summed E-state index contributed by atoms with van der Waals surface area (Å²) in [4.78, 5) is 16.3. The normalized spacial score (nSPS) is 17.6. The molecule has 0 saturated carbocycles. The Balaban J connectivity index is 1.88. The van der Waals surface area contributed by atoms with Crippen molar-refractivity contribution in [2.45, 2.75) is 39.7 Å². The Labute approximate surface area is 120 Å². The molecule has 0 aliphatic carbocycles. The smallest absolute Gasteiger partial charge is 0.320 e. The van der Waals surface area contributed by atoms with Gasteiger partial charge in [0.1, 0.15) is 5.82 Å². The van der Waals surface area contributed by atoms with Gasteiger partial charge in [0, 0.05) is 24.9 Å². The number of ether oxygens (including phenoxy) is 1. The molecule has 0 bridgehead atoms. The van der Waals surface area contributed by atoms with Crippen LogP contribution >= 0.6 is 0 Å². The Morgan fingerprint density at radius 2 is 2.05 bits per heavy atom. The molecular weight excluding hydrogens is 254 g/mol. The zero-order valence-corrected chi connectivity index (χ0v) is 12.4. The number of carbonyl (C=O) groups excluding carboxylic acids is 1. The van der Waals surface area contributed by atoms with Crippen LogP contribution in [-0.2, 0) is 4.74 Å². The first kappa shape index (κ1) is 14.8. The maximum atomic E-state index is 12.0. The quantitative estimate of drug-likeness (QED) is 0.892. The molecule has 1 aromatic rings. The highest BCUT2D eigenvalue weighted by molar-refractivity contribution is 5.88. The largest absolute Gasteiger partial charge is 0.381 e. The van der Waals surface area contributed by atoms with Gasteiger partial charge in [0.05, 0.1) is 0 Å². The first-order chi connectivity index (χ1) is 9.54. The number of rotatable bonds is 3. The molecule has 1 atom stereocenters. The lowest BCUT2D eigenvalue weighted by molar-refractivity contribution is 0.0573. The summed E-state index contributed by atoms with van der Waals surface area (Å²) >= 11 is 0. The third-order valence-corrected chi connectivity index (χ3v) is 3.67. The van der Waals surface area contributed by atoms with E-state index in [2.05, 4.69) is 15.6 Å². The molecule has 2 N–H and O–H groups in total. The molecule has 2 amide bonds. The lowest BCUT2D eigenvalue weighted by Gasteiger charge is -2.28. The molecule has 1 aliphatic rings. The molecule has 20 heavy (non-hydrogen) atoms. The van der Waals surface area contributed by atoms with Crippen molar-refractivity contribution in [3.63, 3.8) is 0 Å². The molecule has 5 heteroatoms. The van der Waals surface area contributed by atoms with E-state index in [-0.39, 0.29) is 12.1 Å². The molecular formula is C15H23N3O2. The number of hydrogen-bond acceptors (Lipinski definition) is 3. The zero-order valence-electron chi connectivity index (χ0n) is 12.4. The van der Waals surface area contributed by atoms with Gasteiger partial charge in [-0.05, 0) is 57.2 Å². The highest BCUT2D eigenvalue weighted by Gasteiger charge is 2.21. The van der Waals surface area contributed by atoms with E-state index < -0.39 is 0 Å². The molecule has 0 spiro atoms. The fourth-order valence-electron chi connectivity index (χ4n) is 2.60. The van der Waals surface area contributed by atoms with Crippen LogP contribution in [0, 0.1) is 19.8 Å². The highest BCUT2D eigenvalue weighted by atomic mass is 16.5. The molecule has 1 fully saturated rings. The number of carbonyl (C=O) groups is 1. The second-order valence-corrected chi connectivity index (χ2v) is 5.51. The number of nitrogens with zero attached hydrogens (tertiary/aromatic N) is 1. The van der Waals surface area contributed by atoms with Crippen molar-refractivity contribution in [3.8, 4) is 0 Å². The van der Waals surface area contributed by atoms with Crippen molar-refractivity contribution in [2.24, 2.45) is 5.92 Å². The van der Waals surface area contributed by atoms with Crippen molar-refractivity contribution < 1.29 is 9.53 Å². The predicted molar refractivity (Wildman–Crippen MR) is 78.9 cm³/mol. The van der Waals surface area contributed by atoms with Crippen molar-refractivity contribution in [1.29, 1.82) is 0 Å². The summed E-state index contributed by atoms with van der Waals surface area (Å²) in [6, 6.07) is 3.80. The van der Waals surface area contributed by atoms with E-state index in [9.17, 15) is 4.79 Å². The number of amides is 2. The monoisotopic (exact) mass is 277 g/mol. The van der Waals surface area contributed by atoms with Gasteiger partial charge in [-0.1, -0.05) is 0 Å². The number of hydrogen-bond donors (Lipinski definition) is 2. The molecule has 0 aromatic carbocycles. The van der Waals surface area contributed by atoms with Crippen LogP contribution in [0.2, 0.25) is 0 Å². The van der Waals surface area contributed by atoms with Gasteiger partial charge in [-0.25, -0.2) is 9.78 Å². The van der Waals surface area contributed by atoms with E-state index in [0.29, 0.717) is 11.7 Å². The van der Waals surface area contributed by atoms with Gasteiger partial charge in [-0.15, -0.1) is 0 Å². The Morgan fingerprint density at radius 3 is 2.70 bits per heavy atom. The number of nitrogens with one attached hydrogen (secondary N) is 2. The number of urea groups is 1. The van der Waals surface area contributed by atoms with Crippen molar-refractivity contribution >= 4 is 11.8 Å². The van der Waals surface area contributed by atoms with Crippen LogP contribution in [0.5, 0.6) is 0 Å². The van der Waals surface area contributed by atoms with E-state index in [1.165, 1.54) is 0 Å². The van der Waals surface area contributed by atoms with Crippen LogP contribution in [0.3, 0.4) is 0 Å². The van der Waals surface area contributed by atoms with Crippen LogP contribution in [0.4, 0.5) is 10.6 Å². The molecule has 0 radical (unpaired) electrons. The van der Waals surface area contributed by atoms with Crippen molar-refractivity contribution in [1.82, 2.24) is 10.3 Å². The van der Waals surface area contributed by atoms with Crippen LogP contribution in [0.1, 0.15) is 31.0 Å². The fourth-order valence-corrected chi connectivity index (χ4v) is 2.60. The average molecular weight is 277 g/mol. The summed E-state index contributed by atoms with van der Waals surface area (Å²) in [6.07, 6.45) is 2.01. The molecule has 110 valence electrons. The lowest BCUT2D eigenvalue weighted by Crippen LogP contribution is -2.42. The summed E-state index contributed by atoms with van der Waals surface area (Å²) < 4.78 is 5.34. The van der Waals surface area contributed by atoms with Crippen molar-refractivity contribution in [3.05, 3.63) is 23.4 Å². The first-order valence-corrected chi connectivity index (χ1v) is 7.15. The summed E-state index contributed by atoms with van der Waals surface area (Å²) in [7, 11) is 0. The minimum absolute atomic E-state index is 0.143. The molecule has 2 rings (SSSR count). The van der Waals surface area contributed by atoms with Crippen LogP contribution in [0.25, 0.3) is 0 Å². The SMILES string of the molecule is Cc1cc(C)nc(NC(=O)N[C@H](C)C2CCOCC2)c1. The van der Waals surface area contributed by atoms with E-state index in [0.717, 1.165) is 37.3 Å². The summed E-state index contributed by atoms with van der Waals surface area (Å²) in [5, 5.41) is 5.79. The lowest BCUT2D eigenvalue weighted by atomic mass is 9.93. The first-order valence-electron chi connectivity index (χ1n) is 7.15. The molecule has 1 aromatic heterocycles. The minimum Gasteiger partial charge on any atom is -0.381 e. The fraction of sp³-hybridized carbons (Fsp3) is 0.600. The van der Waals surface area contributed by atoms with Gasteiger partial charge < -0.3 is 10.1 Å². The predicted octanol–water partition coefficient (Wildman–Crippen LogP) is 2.64. The Hall–Kier alpha value is -1.62. The van der Waals surface area contributed by atoms with E-state index in [1.54, 1.807) is 0 Å². The topological polar surface area (TPSA) is 63.2 Å². The van der Waals surface area contributed by atoms with Crippen LogP contribution in [0.15, 0.2) is 12.1 Å². The third kappa shape index (κ3) is 4.20. The standard InChI is InChI=1S/C15H23N3O2/c1-10-8-11(2)16-14(9-10)18-15(19)17-12(3)13-4-6-20-7-5-13/h8-9,12-13H,4-7H2,1-3H3,(H2,16,17,18,19)/t12-/m1/s1. The summed E-state index contributed by atoms with van der Waals surface area (Å²) in [6.45, 7) is 7.53. The molecule has 1 saturated heterocycles. The highest BCUT2D eigenvalue weighted by Crippen LogP contribution is 2.18. The second kappa shape index (κ2) is 6.70. The third-order valence-electron chi connectivity index (χ3n) is 3.67. The van der Waals surface area contributed by atoms with Gasteiger partial charge in [-0.2, -0.15) is 0 Å². The number of pyridine rings is 1. The van der Waals surface area contributed by atoms with E-state index in [1.807, 2.05) is 32.9 Å².